The van der Waals surface area contributed by atoms with Crippen LogP contribution in [0.2, 0.25) is 0 Å². The SMILES string of the molecule is O=C(C[C@@H]1Sc2ccccc2NC1=O)NCc1nc(C2CC2)no1. The summed E-state index contributed by atoms with van der Waals surface area (Å²) in [6.45, 7) is 0.189. The number of carbonyl (C=O) groups excluding carboxylic acids is 2. The third-order valence-corrected chi connectivity index (χ3v) is 5.22. The summed E-state index contributed by atoms with van der Waals surface area (Å²) in [4.78, 5) is 29.4. The number of nitrogens with zero attached hydrogens (tertiary/aromatic N) is 2. The van der Waals surface area contributed by atoms with E-state index in [1.54, 1.807) is 0 Å². The van der Waals surface area contributed by atoms with Crippen LogP contribution in [-0.2, 0) is 16.1 Å². The van der Waals surface area contributed by atoms with Crippen molar-refractivity contribution in [1.29, 1.82) is 0 Å². The first-order valence-corrected chi connectivity index (χ1v) is 8.73. The smallest absolute Gasteiger partial charge is 0.246 e. The van der Waals surface area contributed by atoms with Gasteiger partial charge in [-0.3, -0.25) is 9.59 Å². The van der Waals surface area contributed by atoms with Gasteiger partial charge in [0.25, 0.3) is 0 Å². The molecular formula is C16H16N4O3S. The summed E-state index contributed by atoms with van der Waals surface area (Å²) in [5, 5.41) is 9.03. The highest BCUT2D eigenvalue weighted by atomic mass is 32.2. The maximum Gasteiger partial charge on any atom is 0.246 e. The van der Waals surface area contributed by atoms with Gasteiger partial charge in [-0.1, -0.05) is 17.3 Å². The van der Waals surface area contributed by atoms with Crippen molar-refractivity contribution in [2.24, 2.45) is 0 Å². The van der Waals surface area contributed by atoms with Gasteiger partial charge in [-0.05, 0) is 25.0 Å². The Morgan fingerprint density at radius 3 is 3.04 bits per heavy atom. The van der Waals surface area contributed by atoms with Crippen LogP contribution in [0.1, 0.15) is 36.9 Å². The number of aromatic nitrogens is 2. The molecular weight excluding hydrogens is 328 g/mol. The van der Waals surface area contributed by atoms with Crippen LogP contribution in [0.25, 0.3) is 0 Å². The number of fused-ring (bicyclic) bond motifs is 1. The second-order valence-electron chi connectivity index (χ2n) is 5.89. The molecule has 1 atom stereocenters. The lowest BCUT2D eigenvalue weighted by Crippen LogP contribution is -2.34. The van der Waals surface area contributed by atoms with E-state index in [0.717, 1.165) is 29.2 Å². The number of amides is 2. The van der Waals surface area contributed by atoms with Crippen molar-refractivity contribution in [2.45, 2.75) is 41.9 Å². The lowest BCUT2D eigenvalue weighted by Gasteiger charge is -2.23. The Morgan fingerprint density at radius 1 is 1.38 bits per heavy atom. The Labute approximate surface area is 142 Å². The molecule has 1 aromatic carbocycles. The zero-order valence-electron chi connectivity index (χ0n) is 12.8. The van der Waals surface area contributed by atoms with E-state index in [2.05, 4.69) is 20.8 Å². The van der Waals surface area contributed by atoms with Crippen LogP contribution in [0, 0.1) is 0 Å². The monoisotopic (exact) mass is 344 g/mol. The topological polar surface area (TPSA) is 97.1 Å². The van der Waals surface area contributed by atoms with Crippen molar-refractivity contribution in [1.82, 2.24) is 15.5 Å². The van der Waals surface area contributed by atoms with Crippen molar-refractivity contribution in [3.05, 3.63) is 36.0 Å². The van der Waals surface area contributed by atoms with Crippen LogP contribution >= 0.6 is 11.8 Å². The molecule has 2 N–H and O–H groups in total. The van der Waals surface area contributed by atoms with Crippen LogP contribution in [0.5, 0.6) is 0 Å². The lowest BCUT2D eigenvalue weighted by atomic mass is 10.2. The predicted octanol–water partition coefficient (Wildman–Crippen LogP) is 2.07. The summed E-state index contributed by atoms with van der Waals surface area (Å²) in [6, 6.07) is 7.56. The standard InChI is InChI=1S/C16H16N4O3S/c21-13(17-8-14-19-15(20-23-14)9-5-6-9)7-12-16(22)18-10-3-1-2-4-11(10)24-12/h1-4,9,12H,5-8H2,(H,17,21)(H,18,22)/t12-/m0/s1. The second-order valence-corrected chi connectivity index (χ2v) is 7.14. The molecule has 4 rings (SSSR count). The summed E-state index contributed by atoms with van der Waals surface area (Å²) in [7, 11) is 0. The van der Waals surface area contributed by atoms with E-state index in [4.69, 9.17) is 4.52 Å². The third kappa shape index (κ3) is 3.28. The second kappa shape index (κ2) is 6.27. The number of rotatable bonds is 5. The molecule has 2 amide bonds. The molecule has 2 heterocycles. The number of benzene rings is 1. The first-order valence-electron chi connectivity index (χ1n) is 7.85. The van der Waals surface area contributed by atoms with Gasteiger partial charge >= 0.3 is 0 Å². The molecule has 24 heavy (non-hydrogen) atoms. The van der Waals surface area contributed by atoms with Crippen LogP contribution in [0.3, 0.4) is 0 Å². The number of para-hydroxylation sites is 1. The van der Waals surface area contributed by atoms with Gasteiger partial charge in [0.15, 0.2) is 5.82 Å². The Hall–Kier alpha value is -2.35. The molecule has 7 nitrogen and oxygen atoms in total. The highest BCUT2D eigenvalue weighted by molar-refractivity contribution is 8.01. The van der Waals surface area contributed by atoms with E-state index >= 15 is 0 Å². The van der Waals surface area contributed by atoms with Gasteiger partial charge in [-0.15, -0.1) is 11.8 Å². The summed E-state index contributed by atoms with van der Waals surface area (Å²) >= 11 is 1.41. The maximum absolute atomic E-state index is 12.1. The molecule has 0 unspecified atom stereocenters. The highest BCUT2D eigenvalue weighted by Gasteiger charge is 2.30. The van der Waals surface area contributed by atoms with E-state index in [1.165, 1.54) is 11.8 Å². The number of thioether (sulfide) groups is 1. The molecule has 2 aliphatic rings. The van der Waals surface area contributed by atoms with Crippen LogP contribution in [-0.4, -0.2) is 27.2 Å². The Morgan fingerprint density at radius 2 is 2.21 bits per heavy atom. The molecule has 1 fully saturated rings. The lowest BCUT2D eigenvalue weighted by molar-refractivity contribution is -0.124. The summed E-state index contributed by atoms with van der Waals surface area (Å²) in [5.74, 6) is 1.17. The third-order valence-electron chi connectivity index (χ3n) is 3.94. The van der Waals surface area contributed by atoms with Crippen LogP contribution < -0.4 is 10.6 Å². The molecule has 0 spiro atoms. The van der Waals surface area contributed by atoms with Crippen LogP contribution in [0.4, 0.5) is 5.69 Å². The van der Waals surface area contributed by atoms with Crippen molar-refractivity contribution in [3.8, 4) is 0 Å². The van der Waals surface area contributed by atoms with Crippen molar-refractivity contribution >= 4 is 29.3 Å². The van der Waals surface area contributed by atoms with Crippen molar-refractivity contribution in [3.63, 3.8) is 0 Å². The predicted molar refractivity (Wildman–Crippen MR) is 87.5 cm³/mol. The Balaban J connectivity index is 1.31. The fraction of sp³-hybridized carbons (Fsp3) is 0.375. The first-order chi connectivity index (χ1) is 11.7. The average molecular weight is 344 g/mol. The highest BCUT2D eigenvalue weighted by Crippen LogP contribution is 2.38. The van der Waals surface area contributed by atoms with Gasteiger partial charge in [-0.25, -0.2) is 0 Å². The largest absolute Gasteiger partial charge is 0.347 e. The van der Waals surface area contributed by atoms with Gasteiger partial charge < -0.3 is 15.2 Å². The Bertz CT molecular complexity index is 787. The van der Waals surface area contributed by atoms with Crippen molar-refractivity contribution in [2.75, 3.05) is 5.32 Å². The molecule has 2 aromatic rings. The van der Waals surface area contributed by atoms with E-state index in [9.17, 15) is 9.59 Å². The van der Waals surface area contributed by atoms with Crippen LogP contribution in [0.15, 0.2) is 33.7 Å². The minimum Gasteiger partial charge on any atom is -0.347 e. The molecule has 8 heteroatoms. The number of hydrogen-bond acceptors (Lipinski definition) is 6. The summed E-state index contributed by atoms with van der Waals surface area (Å²) in [5.41, 5.74) is 0.794. The van der Waals surface area contributed by atoms with E-state index in [-0.39, 0.29) is 24.8 Å². The molecule has 1 aromatic heterocycles. The van der Waals surface area contributed by atoms with Crippen molar-refractivity contribution < 1.29 is 14.1 Å². The zero-order chi connectivity index (χ0) is 16.5. The van der Waals surface area contributed by atoms with E-state index in [1.807, 2.05) is 24.3 Å². The quantitative estimate of drug-likeness (QED) is 0.862. The Kier molecular flexibility index (Phi) is 3.97. The van der Waals surface area contributed by atoms with Gasteiger partial charge in [0.2, 0.25) is 17.7 Å². The molecule has 0 radical (unpaired) electrons. The minimum absolute atomic E-state index is 0.106. The van der Waals surface area contributed by atoms with E-state index < -0.39 is 5.25 Å². The minimum atomic E-state index is -0.440. The fourth-order valence-corrected chi connectivity index (χ4v) is 3.60. The molecule has 0 bridgehead atoms. The molecule has 1 aliphatic heterocycles. The molecule has 1 aliphatic carbocycles. The van der Waals surface area contributed by atoms with Gasteiger partial charge in [-0.2, -0.15) is 4.98 Å². The summed E-state index contributed by atoms with van der Waals surface area (Å²) in [6.07, 6.45) is 2.30. The fourth-order valence-electron chi connectivity index (χ4n) is 2.49. The first kappa shape index (κ1) is 15.2. The number of hydrogen-bond donors (Lipinski definition) is 2. The van der Waals surface area contributed by atoms with Gasteiger partial charge in [0.1, 0.15) is 0 Å². The molecule has 1 saturated carbocycles. The molecule has 0 saturated heterocycles. The molecule has 124 valence electrons. The normalized spacial score (nSPS) is 19.5. The number of anilines is 1. The maximum atomic E-state index is 12.1. The van der Waals surface area contributed by atoms with E-state index in [0.29, 0.717) is 11.8 Å². The number of carbonyl (C=O) groups is 2. The van der Waals surface area contributed by atoms with Gasteiger partial charge in [0.05, 0.1) is 17.5 Å². The zero-order valence-corrected chi connectivity index (χ0v) is 13.6. The van der Waals surface area contributed by atoms with Gasteiger partial charge in [0, 0.05) is 17.2 Å². The summed E-state index contributed by atoms with van der Waals surface area (Å²) < 4.78 is 5.11. The number of nitrogens with one attached hydrogen (secondary N) is 2. The average Bonchev–Trinajstić information content (AvgIpc) is 3.32.